The van der Waals surface area contributed by atoms with Crippen molar-refractivity contribution in [1.82, 2.24) is 29.8 Å². The number of hydrogen-bond acceptors (Lipinski definition) is 5. The molecule has 7 nitrogen and oxygen atoms in total. The first-order valence-electron chi connectivity index (χ1n) is 8.29. The smallest absolute Gasteiger partial charge is 0.200 e. The third-order valence-corrected chi connectivity index (χ3v) is 4.13. The predicted molar refractivity (Wildman–Crippen MR) is 96.2 cm³/mol. The molecule has 3 aromatic heterocycles. The minimum absolute atomic E-state index is 0.0558. The molecule has 0 amide bonds. The van der Waals surface area contributed by atoms with Crippen molar-refractivity contribution in [2.45, 2.75) is 26.3 Å². The zero-order valence-corrected chi connectivity index (χ0v) is 14.1. The number of imidazole rings is 1. The number of aromatic nitrogens is 6. The van der Waals surface area contributed by atoms with Crippen molar-refractivity contribution >= 4 is 11.3 Å². The average molecular weight is 333 g/mol. The van der Waals surface area contributed by atoms with Crippen molar-refractivity contribution in [1.29, 1.82) is 0 Å². The lowest BCUT2D eigenvalue weighted by Crippen LogP contribution is -2.13. The van der Waals surface area contributed by atoms with E-state index >= 15 is 0 Å². The van der Waals surface area contributed by atoms with Crippen LogP contribution in [0.1, 0.15) is 30.9 Å². The molecule has 126 valence electrons. The Balaban J connectivity index is 1.76. The Hall–Kier alpha value is -3.22. The molecule has 1 aromatic carbocycles. The van der Waals surface area contributed by atoms with E-state index in [0.29, 0.717) is 5.65 Å². The average Bonchev–Trinajstić information content (AvgIpc) is 3.29. The van der Waals surface area contributed by atoms with Gasteiger partial charge in [0, 0.05) is 17.5 Å². The Morgan fingerprint density at radius 1 is 1.24 bits per heavy atom. The molecule has 7 heteroatoms. The van der Waals surface area contributed by atoms with Crippen molar-refractivity contribution in [3.05, 3.63) is 60.4 Å². The van der Waals surface area contributed by atoms with Crippen LogP contribution in [0.2, 0.25) is 0 Å². The fourth-order valence-corrected chi connectivity index (χ4v) is 2.84. The summed E-state index contributed by atoms with van der Waals surface area (Å²) < 4.78 is 1.70. The molecule has 0 bridgehead atoms. The highest BCUT2D eigenvalue weighted by atomic mass is 15.3. The molecule has 0 aliphatic carbocycles. The van der Waals surface area contributed by atoms with Gasteiger partial charge in [-0.3, -0.25) is 0 Å². The first kappa shape index (κ1) is 15.3. The summed E-state index contributed by atoms with van der Waals surface area (Å²) in [4.78, 5) is 7.76. The molecule has 0 radical (unpaired) electrons. The molecule has 4 rings (SSSR count). The number of hydrogen-bond donors (Lipinski definition) is 2. The van der Waals surface area contributed by atoms with E-state index < -0.39 is 0 Å². The zero-order chi connectivity index (χ0) is 17.2. The highest BCUT2D eigenvalue weighted by molar-refractivity contribution is 5.73. The Bertz CT molecular complexity index is 987. The van der Waals surface area contributed by atoms with Gasteiger partial charge in [-0.1, -0.05) is 37.3 Å². The monoisotopic (exact) mass is 333 g/mol. The van der Waals surface area contributed by atoms with Gasteiger partial charge in [-0.05, 0) is 19.4 Å². The van der Waals surface area contributed by atoms with Gasteiger partial charge < -0.3 is 10.3 Å². The number of rotatable bonds is 5. The lowest BCUT2D eigenvalue weighted by molar-refractivity contribution is 0.702. The van der Waals surface area contributed by atoms with Gasteiger partial charge in [-0.25, -0.2) is 4.98 Å². The second-order valence-corrected chi connectivity index (χ2v) is 5.97. The van der Waals surface area contributed by atoms with Crippen molar-refractivity contribution in [3.63, 3.8) is 0 Å². The number of benzene rings is 1. The number of nitrogens with zero attached hydrogens (tertiary/aromatic N) is 5. The van der Waals surface area contributed by atoms with Crippen LogP contribution in [-0.2, 0) is 0 Å². The van der Waals surface area contributed by atoms with Gasteiger partial charge >= 0.3 is 0 Å². The van der Waals surface area contributed by atoms with Crippen LogP contribution in [0.25, 0.3) is 16.9 Å². The maximum Gasteiger partial charge on any atom is 0.200 e. The van der Waals surface area contributed by atoms with E-state index in [-0.39, 0.29) is 6.04 Å². The van der Waals surface area contributed by atoms with E-state index in [2.05, 4.69) is 37.5 Å². The number of nitrogens with one attached hydrogen (secondary N) is 2. The maximum atomic E-state index is 4.60. The summed E-state index contributed by atoms with van der Waals surface area (Å²) in [6, 6.07) is 12.1. The number of H-pyrrole nitrogens is 1. The molecule has 4 aromatic rings. The van der Waals surface area contributed by atoms with E-state index in [1.165, 1.54) is 0 Å². The van der Waals surface area contributed by atoms with Crippen LogP contribution in [0, 0.1) is 6.92 Å². The van der Waals surface area contributed by atoms with Gasteiger partial charge in [0.15, 0.2) is 0 Å². The minimum Gasteiger partial charge on any atom is -0.372 e. The van der Waals surface area contributed by atoms with Crippen molar-refractivity contribution in [2.75, 3.05) is 5.32 Å². The molecule has 0 saturated carbocycles. The van der Waals surface area contributed by atoms with E-state index in [1.807, 2.05) is 49.5 Å². The molecule has 0 aliphatic rings. The topological polar surface area (TPSA) is 83.8 Å². The molecular formula is C18H19N7. The second-order valence-electron chi connectivity index (χ2n) is 5.97. The summed E-state index contributed by atoms with van der Waals surface area (Å²) in [6.07, 6.45) is 4.34. The maximum absolute atomic E-state index is 4.60. The largest absolute Gasteiger partial charge is 0.372 e. The van der Waals surface area contributed by atoms with Crippen LogP contribution in [0.5, 0.6) is 0 Å². The van der Waals surface area contributed by atoms with Crippen LogP contribution in [0.4, 0.5) is 5.69 Å². The van der Waals surface area contributed by atoms with Crippen LogP contribution in [-0.4, -0.2) is 29.8 Å². The molecule has 2 N–H and O–H groups in total. The predicted octanol–water partition coefficient (Wildman–Crippen LogP) is 3.39. The fourth-order valence-electron chi connectivity index (χ4n) is 2.84. The SMILES string of the molecule is CCC(Nc1cc(-c2ccccc2)nn2cnnc12)c1ncc(C)[nH]1. The van der Waals surface area contributed by atoms with Crippen molar-refractivity contribution in [3.8, 4) is 11.3 Å². The Morgan fingerprint density at radius 2 is 2.08 bits per heavy atom. The van der Waals surface area contributed by atoms with E-state index in [0.717, 1.165) is 34.9 Å². The summed E-state index contributed by atoms with van der Waals surface area (Å²) >= 11 is 0. The van der Waals surface area contributed by atoms with Crippen LogP contribution in [0.15, 0.2) is 48.9 Å². The molecule has 1 unspecified atom stereocenters. The first-order valence-corrected chi connectivity index (χ1v) is 8.29. The Morgan fingerprint density at radius 3 is 2.80 bits per heavy atom. The fraction of sp³-hybridized carbons (Fsp3) is 0.222. The van der Waals surface area contributed by atoms with Gasteiger partial charge in [0.25, 0.3) is 0 Å². The van der Waals surface area contributed by atoms with Gasteiger partial charge in [0.2, 0.25) is 5.65 Å². The van der Waals surface area contributed by atoms with Crippen LogP contribution >= 0.6 is 0 Å². The van der Waals surface area contributed by atoms with E-state index in [4.69, 9.17) is 0 Å². The van der Waals surface area contributed by atoms with Gasteiger partial charge in [-0.2, -0.15) is 9.61 Å². The lowest BCUT2D eigenvalue weighted by Gasteiger charge is -2.17. The molecule has 3 heterocycles. The Labute approximate surface area is 145 Å². The van der Waals surface area contributed by atoms with Gasteiger partial charge in [-0.15, -0.1) is 10.2 Å². The van der Waals surface area contributed by atoms with Crippen molar-refractivity contribution < 1.29 is 0 Å². The van der Waals surface area contributed by atoms with Crippen molar-refractivity contribution in [2.24, 2.45) is 0 Å². The molecule has 1 atom stereocenters. The summed E-state index contributed by atoms with van der Waals surface area (Å²) in [6.45, 7) is 4.12. The number of aryl methyl sites for hydroxylation is 1. The van der Waals surface area contributed by atoms with E-state index in [9.17, 15) is 0 Å². The third kappa shape index (κ3) is 2.96. The molecule has 0 spiro atoms. The summed E-state index contributed by atoms with van der Waals surface area (Å²) in [5, 5.41) is 16.3. The second kappa shape index (κ2) is 6.35. The Kier molecular flexibility index (Phi) is 3.89. The quantitative estimate of drug-likeness (QED) is 0.585. The van der Waals surface area contributed by atoms with Gasteiger partial charge in [0.05, 0.1) is 17.4 Å². The summed E-state index contributed by atoms with van der Waals surface area (Å²) in [5.41, 5.74) is 4.53. The van der Waals surface area contributed by atoms with E-state index in [1.54, 1.807) is 10.8 Å². The van der Waals surface area contributed by atoms with Crippen LogP contribution in [0.3, 0.4) is 0 Å². The standard InChI is InChI=1S/C18H19N7/c1-3-14(17-19-10-12(2)21-17)22-16-9-15(13-7-5-4-6-8-13)24-25-11-20-23-18(16)25/h4-11,14,22H,3H2,1-2H3,(H,19,21). The molecule has 25 heavy (non-hydrogen) atoms. The minimum atomic E-state index is 0.0558. The number of anilines is 1. The van der Waals surface area contributed by atoms with Gasteiger partial charge in [0.1, 0.15) is 12.2 Å². The summed E-state index contributed by atoms with van der Waals surface area (Å²) in [5.74, 6) is 0.913. The first-order chi connectivity index (χ1) is 12.2. The molecular weight excluding hydrogens is 314 g/mol. The zero-order valence-electron chi connectivity index (χ0n) is 14.1. The molecule has 0 fully saturated rings. The molecule has 0 saturated heterocycles. The third-order valence-electron chi connectivity index (χ3n) is 4.13. The van der Waals surface area contributed by atoms with Crippen LogP contribution < -0.4 is 5.32 Å². The highest BCUT2D eigenvalue weighted by Gasteiger charge is 2.16. The lowest BCUT2D eigenvalue weighted by atomic mass is 10.1. The summed E-state index contributed by atoms with van der Waals surface area (Å²) in [7, 11) is 0. The molecule has 0 aliphatic heterocycles. The number of fused-ring (bicyclic) bond motifs is 1. The normalized spacial score (nSPS) is 12.4. The number of aromatic amines is 1. The highest BCUT2D eigenvalue weighted by Crippen LogP contribution is 2.27.